The number of fused-ring (bicyclic) bond motifs is 14. The van der Waals surface area contributed by atoms with Crippen molar-refractivity contribution >= 4 is 49.8 Å². The largest absolute Gasteiger partial charge is 0.455 e. The summed E-state index contributed by atoms with van der Waals surface area (Å²) in [5.74, 6) is 0. The van der Waals surface area contributed by atoms with E-state index in [0.717, 1.165) is 61.3 Å². The van der Waals surface area contributed by atoms with E-state index in [1.165, 1.54) is 55.3 Å². The molecule has 2 aliphatic carbocycles. The molecule has 0 saturated heterocycles. The first-order valence-electron chi connectivity index (χ1n) is 21.1. The van der Waals surface area contributed by atoms with Crippen molar-refractivity contribution < 1.29 is 4.42 Å². The molecule has 2 aliphatic rings. The van der Waals surface area contributed by atoms with Crippen molar-refractivity contribution in [3.63, 3.8) is 0 Å². The summed E-state index contributed by atoms with van der Waals surface area (Å²) in [5.41, 5.74) is 19.5. The predicted molar refractivity (Wildman–Crippen MR) is 253 cm³/mol. The highest BCUT2D eigenvalue weighted by atomic mass is 16.3. The molecule has 1 aromatic heterocycles. The highest BCUT2D eigenvalue weighted by Gasteiger charge is 2.52. The zero-order valence-electron chi connectivity index (χ0n) is 33.2. The molecule has 0 fully saturated rings. The maximum Gasteiger partial charge on any atom is 0.143 e. The summed E-state index contributed by atoms with van der Waals surface area (Å²) in [4.78, 5) is 2.52. The van der Waals surface area contributed by atoms with Gasteiger partial charge in [0.05, 0.1) is 22.5 Å². The van der Waals surface area contributed by atoms with Crippen LogP contribution in [0.25, 0.3) is 77.2 Å². The Morgan fingerprint density at radius 3 is 1.54 bits per heavy atom. The van der Waals surface area contributed by atoms with E-state index in [2.05, 4.69) is 229 Å². The van der Waals surface area contributed by atoms with Crippen molar-refractivity contribution in [2.45, 2.75) is 5.41 Å². The summed E-state index contributed by atoms with van der Waals surface area (Å²) >= 11 is 0. The van der Waals surface area contributed by atoms with Crippen molar-refractivity contribution in [1.82, 2.24) is 0 Å². The average molecular weight is 776 g/mol. The third-order valence-corrected chi connectivity index (χ3v) is 13.3. The smallest absolute Gasteiger partial charge is 0.143 e. The van der Waals surface area contributed by atoms with Crippen molar-refractivity contribution in [2.24, 2.45) is 0 Å². The zero-order valence-corrected chi connectivity index (χ0v) is 33.2. The lowest BCUT2D eigenvalue weighted by Crippen LogP contribution is -2.26. The predicted octanol–water partition coefficient (Wildman–Crippen LogP) is 15.9. The van der Waals surface area contributed by atoms with Gasteiger partial charge in [0.15, 0.2) is 0 Å². The molecule has 11 aromatic rings. The molecule has 10 aromatic carbocycles. The van der Waals surface area contributed by atoms with Gasteiger partial charge in [-0.05, 0) is 85.6 Å². The minimum absolute atomic E-state index is 0.470. The van der Waals surface area contributed by atoms with Crippen molar-refractivity contribution in [3.8, 4) is 44.5 Å². The van der Waals surface area contributed by atoms with Gasteiger partial charge in [-0.15, -0.1) is 0 Å². The second-order valence-electron chi connectivity index (χ2n) is 16.3. The first kappa shape index (κ1) is 34.0. The Labute approximate surface area is 354 Å². The number of hydrogen-bond acceptors (Lipinski definition) is 2. The molecule has 13 rings (SSSR count). The molecule has 0 N–H and O–H groups in total. The molecular formula is C59H37NO. The van der Waals surface area contributed by atoms with Gasteiger partial charge >= 0.3 is 0 Å². The van der Waals surface area contributed by atoms with Crippen molar-refractivity contribution in [2.75, 3.05) is 4.90 Å². The Bertz CT molecular complexity index is 3510. The summed E-state index contributed by atoms with van der Waals surface area (Å²) in [6.07, 6.45) is 0. The van der Waals surface area contributed by atoms with E-state index in [-0.39, 0.29) is 0 Å². The summed E-state index contributed by atoms with van der Waals surface area (Å²) < 4.78 is 6.92. The van der Waals surface area contributed by atoms with E-state index in [1.807, 2.05) is 0 Å². The molecule has 1 heterocycles. The molecule has 0 bridgehead atoms. The van der Waals surface area contributed by atoms with E-state index in [4.69, 9.17) is 4.42 Å². The molecular weight excluding hydrogens is 739 g/mol. The third kappa shape index (κ3) is 4.73. The lowest BCUT2D eigenvalue weighted by molar-refractivity contribution is 0.670. The van der Waals surface area contributed by atoms with E-state index in [0.29, 0.717) is 0 Å². The molecule has 0 radical (unpaired) electrons. The van der Waals surface area contributed by atoms with Crippen LogP contribution >= 0.6 is 0 Å². The number of rotatable bonds is 5. The van der Waals surface area contributed by atoms with Crippen LogP contribution in [0.1, 0.15) is 22.3 Å². The van der Waals surface area contributed by atoms with Crippen LogP contribution in [0.2, 0.25) is 0 Å². The number of anilines is 3. The molecule has 0 aliphatic heterocycles. The molecule has 0 saturated carbocycles. The number of nitrogens with zero attached hydrogens (tertiary/aromatic N) is 1. The van der Waals surface area contributed by atoms with Crippen molar-refractivity contribution in [1.29, 1.82) is 0 Å². The summed E-state index contributed by atoms with van der Waals surface area (Å²) in [5, 5.41) is 4.61. The fourth-order valence-electron chi connectivity index (χ4n) is 10.8. The monoisotopic (exact) mass is 775 g/mol. The van der Waals surface area contributed by atoms with Gasteiger partial charge in [-0.3, -0.25) is 0 Å². The molecule has 0 unspecified atom stereocenters. The normalized spacial score (nSPS) is 13.0. The van der Waals surface area contributed by atoms with Gasteiger partial charge in [-0.1, -0.05) is 194 Å². The van der Waals surface area contributed by atoms with Crippen LogP contribution in [-0.4, -0.2) is 0 Å². The SMILES string of the molecule is c1ccc(-c2ccccc2N(c2ccccc2-c2cccc3c2oc2cc4ccccc4cc23)c2cccc3c2-c2ccccc2C32c3ccccc3-c3ccccc32)cc1. The van der Waals surface area contributed by atoms with E-state index >= 15 is 0 Å². The van der Waals surface area contributed by atoms with Crippen LogP contribution in [0.3, 0.4) is 0 Å². The zero-order chi connectivity index (χ0) is 40.1. The Hall–Kier alpha value is -7.94. The van der Waals surface area contributed by atoms with Gasteiger partial charge in [0, 0.05) is 33.0 Å². The second-order valence-corrected chi connectivity index (χ2v) is 16.3. The Balaban J connectivity index is 1.12. The summed E-state index contributed by atoms with van der Waals surface area (Å²) in [7, 11) is 0. The standard InChI is InChI=1S/C59H37NO/c1-2-18-38(19-3-1)41-22-9-14-33-53(41)60(54-34-15-10-25-44(54)45-27-16-28-46-48-36-39-20-4-5-21-40(39)37-56(48)61-58(45)46)55-35-17-32-52-57(55)47-26-8-13-31-51(47)59(52)49-29-11-6-23-42(49)43-24-7-12-30-50(43)59/h1-37H. The van der Waals surface area contributed by atoms with Gasteiger partial charge in [0.1, 0.15) is 11.2 Å². The van der Waals surface area contributed by atoms with Gasteiger partial charge < -0.3 is 9.32 Å². The number of furan rings is 1. The number of benzene rings is 10. The minimum Gasteiger partial charge on any atom is -0.455 e. The molecule has 0 amide bonds. The topological polar surface area (TPSA) is 16.4 Å². The molecule has 61 heavy (non-hydrogen) atoms. The van der Waals surface area contributed by atoms with Crippen LogP contribution in [-0.2, 0) is 5.41 Å². The van der Waals surface area contributed by atoms with Crippen LogP contribution < -0.4 is 4.90 Å². The van der Waals surface area contributed by atoms with Gasteiger partial charge in [0.25, 0.3) is 0 Å². The van der Waals surface area contributed by atoms with Gasteiger partial charge in [-0.2, -0.15) is 0 Å². The fraction of sp³-hybridized carbons (Fsp3) is 0.0169. The Morgan fingerprint density at radius 1 is 0.328 bits per heavy atom. The first-order valence-corrected chi connectivity index (χ1v) is 21.1. The second kappa shape index (κ2) is 13.0. The maximum atomic E-state index is 6.92. The molecule has 0 atom stereocenters. The molecule has 2 heteroatoms. The van der Waals surface area contributed by atoms with E-state index in [1.54, 1.807) is 0 Å². The average Bonchev–Trinajstić information content (AvgIpc) is 3.96. The number of para-hydroxylation sites is 3. The molecule has 2 nitrogen and oxygen atoms in total. The quantitative estimate of drug-likeness (QED) is 0.173. The third-order valence-electron chi connectivity index (χ3n) is 13.3. The number of hydrogen-bond donors (Lipinski definition) is 0. The van der Waals surface area contributed by atoms with Crippen LogP contribution in [0, 0.1) is 0 Å². The lowest BCUT2D eigenvalue weighted by Gasteiger charge is -2.33. The Morgan fingerprint density at radius 2 is 0.820 bits per heavy atom. The minimum atomic E-state index is -0.470. The van der Waals surface area contributed by atoms with Gasteiger partial charge in [0.2, 0.25) is 0 Å². The van der Waals surface area contributed by atoms with Crippen LogP contribution in [0.5, 0.6) is 0 Å². The van der Waals surface area contributed by atoms with E-state index in [9.17, 15) is 0 Å². The van der Waals surface area contributed by atoms with Crippen LogP contribution in [0.15, 0.2) is 229 Å². The van der Waals surface area contributed by atoms with Crippen molar-refractivity contribution in [3.05, 3.63) is 247 Å². The Kier molecular flexibility index (Phi) is 7.26. The van der Waals surface area contributed by atoms with E-state index < -0.39 is 5.41 Å². The summed E-state index contributed by atoms with van der Waals surface area (Å²) in [6.45, 7) is 0. The van der Waals surface area contributed by atoms with Crippen LogP contribution in [0.4, 0.5) is 17.1 Å². The highest BCUT2D eigenvalue weighted by molar-refractivity contribution is 6.14. The molecule has 1 spiro atoms. The lowest BCUT2D eigenvalue weighted by atomic mass is 9.70. The highest BCUT2D eigenvalue weighted by Crippen LogP contribution is 2.65. The maximum absolute atomic E-state index is 6.92. The first-order chi connectivity index (χ1) is 30.3. The van der Waals surface area contributed by atoms with Gasteiger partial charge in [-0.25, -0.2) is 0 Å². The fourth-order valence-corrected chi connectivity index (χ4v) is 10.8. The molecule has 284 valence electrons. The summed E-state index contributed by atoms with van der Waals surface area (Å²) in [6, 6.07) is 82.2.